The highest BCUT2D eigenvalue weighted by molar-refractivity contribution is 6.21. The zero-order valence-electron chi connectivity index (χ0n) is 34.3. The van der Waals surface area contributed by atoms with Crippen LogP contribution in [0.2, 0.25) is 0 Å². The normalized spacial score (nSPS) is 12.9. The Bertz CT molecular complexity index is 3450. The van der Waals surface area contributed by atoms with Gasteiger partial charge >= 0.3 is 0 Å². The first-order chi connectivity index (χ1) is 31.3. The van der Waals surface area contributed by atoms with Gasteiger partial charge in [0, 0.05) is 16.7 Å². The molecule has 0 amide bonds. The van der Waals surface area contributed by atoms with E-state index in [0.29, 0.717) is 5.82 Å². The molecular formula is C61H38N2. The van der Waals surface area contributed by atoms with Crippen molar-refractivity contribution in [2.24, 2.45) is 0 Å². The van der Waals surface area contributed by atoms with Crippen molar-refractivity contribution < 1.29 is 0 Å². The minimum absolute atomic E-state index is 0.414. The zero-order valence-corrected chi connectivity index (χ0v) is 34.3. The third-order valence-corrected chi connectivity index (χ3v) is 13.5. The Hall–Kier alpha value is -8.20. The predicted molar refractivity (Wildman–Crippen MR) is 261 cm³/mol. The fourth-order valence-corrected chi connectivity index (χ4v) is 10.9. The average Bonchev–Trinajstić information content (AvgIpc) is 3.83. The van der Waals surface area contributed by atoms with Crippen molar-refractivity contribution in [2.45, 2.75) is 5.41 Å². The second-order valence-corrected chi connectivity index (χ2v) is 16.8. The van der Waals surface area contributed by atoms with Crippen LogP contribution in [-0.4, -0.2) is 9.97 Å². The van der Waals surface area contributed by atoms with Gasteiger partial charge in [0.15, 0.2) is 5.82 Å². The Balaban J connectivity index is 1.02. The summed E-state index contributed by atoms with van der Waals surface area (Å²) >= 11 is 0. The number of nitrogens with zero attached hydrogens (tertiary/aromatic N) is 2. The summed E-state index contributed by atoms with van der Waals surface area (Å²) in [7, 11) is 0. The van der Waals surface area contributed by atoms with Crippen molar-refractivity contribution in [3.8, 4) is 78.4 Å². The Morgan fingerprint density at radius 1 is 0.254 bits per heavy atom. The summed E-state index contributed by atoms with van der Waals surface area (Å²) in [5.74, 6) is 0.710. The van der Waals surface area contributed by atoms with Crippen molar-refractivity contribution in [3.05, 3.63) is 253 Å². The molecule has 0 saturated carbocycles. The molecule has 11 aromatic rings. The van der Waals surface area contributed by atoms with Gasteiger partial charge < -0.3 is 0 Å². The van der Waals surface area contributed by atoms with Crippen LogP contribution in [0.4, 0.5) is 0 Å². The first-order valence-electron chi connectivity index (χ1n) is 21.7. The fraction of sp³-hybridized carbons (Fsp3) is 0.0164. The van der Waals surface area contributed by atoms with Crippen molar-refractivity contribution in [2.75, 3.05) is 0 Å². The van der Waals surface area contributed by atoms with Crippen molar-refractivity contribution in [1.29, 1.82) is 0 Å². The van der Waals surface area contributed by atoms with E-state index in [1.165, 1.54) is 82.7 Å². The molecular weight excluding hydrogens is 761 g/mol. The summed E-state index contributed by atoms with van der Waals surface area (Å²) in [5, 5.41) is 4.90. The maximum absolute atomic E-state index is 5.20. The number of aromatic nitrogens is 2. The van der Waals surface area contributed by atoms with Crippen LogP contribution in [0.25, 0.3) is 100.0 Å². The van der Waals surface area contributed by atoms with E-state index >= 15 is 0 Å². The van der Waals surface area contributed by atoms with Crippen LogP contribution in [0.1, 0.15) is 22.3 Å². The molecule has 0 unspecified atom stereocenters. The lowest BCUT2D eigenvalue weighted by molar-refractivity contribution is 0.794. The lowest BCUT2D eigenvalue weighted by atomic mass is 9.70. The van der Waals surface area contributed by atoms with E-state index < -0.39 is 5.41 Å². The minimum Gasteiger partial charge on any atom is -0.228 e. The van der Waals surface area contributed by atoms with Gasteiger partial charge in [0.1, 0.15) is 0 Å². The molecule has 0 saturated heterocycles. The summed E-state index contributed by atoms with van der Waals surface area (Å²) in [6, 6.07) is 84.1. The van der Waals surface area contributed by atoms with E-state index in [9.17, 15) is 0 Å². The molecule has 0 atom stereocenters. The van der Waals surface area contributed by atoms with Crippen LogP contribution in [0, 0.1) is 0 Å². The largest absolute Gasteiger partial charge is 0.228 e. The van der Waals surface area contributed by atoms with Gasteiger partial charge in [-0.15, -0.1) is 0 Å². The summed E-state index contributed by atoms with van der Waals surface area (Å²) in [5.41, 5.74) is 20.0. The summed E-state index contributed by atoms with van der Waals surface area (Å²) in [4.78, 5) is 10.3. The Kier molecular flexibility index (Phi) is 7.85. The fourth-order valence-electron chi connectivity index (χ4n) is 10.9. The van der Waals surface area contributed by atoms with E-state index in [1.54, 1.807) is 0 Å². The van der Waals surface area contributed by atoms with E-state index in [2.05, 4.69) is 206 Å². The third-order valence-electron chi connectivity index (χ3n) is 13.5. The summed E-state index contributed by atoms with van der Waals surface area (Å²) < 4.78 is 0. The van der Waals surface area contributed by atoms with E-state index in [-0.39, 0.29) is 0 Å². The molecule has 2 aliphatic carbocycles. The zero-order chi connectivity index (χ0) is 41.5. The first-order valence-corrected chi connectivity index (χ1v) is 21.7. The molecule has 292 valence electrons. The van der Waals surface area contributed by atoms with Gasteiger partial charge in [0.05, 0.1) is 16.8 Å². The SMILES string of the molecule is c1ccc(-c2cc(-c3cccc(-c4c5ccccc5c(-c5ccc6c(c5)C5(c7ccccc7-c7ccccc75)c5ccccc5-6)c5ccccc45)c3)nc(-c3ccccc3)n2)cc1. The number of rotatable bonds is 5. The van der Waals surface area contributed by atoms with Crippen LogP contribution in [-0.2, 0) is 5.41 Å². The third kappa shape index (κ3) is 5.25. The molecule has 0 radical (unpaired) electrons. The smallest absolute Gasteiger partial charge is 0.160 e. The molecule has 2 heteroatoms. The van der Waals surface area contributed by atoms with Gasteiger partial charge in [-0.3, -0.25) is 0 Å². The monoisotopic (exact) mass is 798 g/mol. The topological polar surface area (TPSA) is 25.8 Å². The van der Waals surface area contributed by atoms with Gasteiger partial charge in [-0.05, 0) is 107 Å². The molecule has 10 aromatic carbocycles. The van der Waals surface area contributed by atoms with Gasteiger partial charge in [-0.2, -0.15) is 0 Å². The highest BCUT2D eigenvalue weighted by Crippen LogP contribution is 2.63. The lowest BCUT2D eigenvalue weighted by Crippen LogP contribution is -2.25. The van der Waals surface area contributed by atoms with Crippen molar-refractivity contribution in [1.82, 2.24) is 9.97 Å². The van der Waals surface area contributed by atoms with Crippen LogP contribution in [0.15, 0.2) is 231 Å². The maximum Gasteiger partial charge on any atom is 0.160 e. The predicted octanol–water partition coefficient (Wildman–Crippen LogP) is 15.5. The van der Waals surface area contributed by atoms with Gasteiger partial charge in [0.2, 0.25) is 0 Å². The molecule has 0 aliphatic heterocycles. The highest BCUT2D eigenvalue weighted by Gasteiger charge is 2.51. The van der Waals surface area contributed by atoms with E-state index in [1.807, 2.05) is 24.3 Å². The molecule has 1 aromatic heterocycles. The molecule has 13 rings (SSSR count). The minimum atomic E-state index is -0.414. The van der Waals surface area contributed by atoms with Gasteiger partial charge in [-0.1, -0.05) is 212 Å². The van der Waals surface area contributed by atoms with Crippen molar-refractivity contribution in [3.63, 3.8) is 0 Å². The number of benzene rings is 10. The summed E-state index contributed by atoms with van der Waals surface area (Å²) in [6.45, 7) is 0. The number of hydrogen-bond acceptors (Lipinski definition) is 2. The molecule has 2 aliphatic rings. The van der Waals surface area contributed by atoms with Gasteiger partial charge in [0.25, 0.3) is 0 Å². The van der Waals surface area contributed by atoms with Crippen LogP contribution in [0.3, 0.4) is 0 Å². The van der Waals surface area contributed by atoms with E-state index in [4.69, 9.17) is 9.97 Å². The molecule has 0 bridgehead atoms. The first kappa shape index (κ1) is 35.5. The highest BCUT2D eigenvalue weighted by atomic mass is 14.9. The molecule has 63 heavy (non-hydrogen) atoms. The van der Waals surface area contributed by atoms with Crippen LogP contribution in [0.5, 0.6) is 0 Å². The van der Waals surface area contributed by atoms with Crippen LogP contribution >= 0.6 is 0 Å². The molecule has 1 heterocycles. The molecule has 0 fully saturated rings. The molecule has 0 N–H and O–H groups in total. The van der Waals surface area contributed by atoms with E-state index in [0.717, 1.165) is 33.6 Å². The van der Waals surface area contributed by atoms with Crippen LogP contribution < -0.4 is 0 Å². The molecule has 2 nitrogen and oxygen atoms in total. The Labute approximate surface area is 366 Å². The Morgan fingerprint density at radius 3 is 1.19 bits per heavy atom. The number of fused-ring (bicyclic) bond motifs is 12. The summed E-state index contributed by atoms with van der Waals surface area (Å²) in [6.07, 6.45) is 0. The standard InChI is InChI=1S/C61H38N2/c1-3-18-39(19-4-1)56-38-57(63-60(62-56)40-20-5-2-6-21-40)41-22-17-23-42(36-41)58-48-27-7-9-29-50(48)59(51-30-10-8-28-49(51)58)43-34-35-47-46-26-13-16-33-54(46)61(55(47)37-43)52-31-14-11-24-44(52)45-25-12-15-32-53(45)61/h1-38H. The van der Waals surface area contributed by atoms with Crippen molar-refractivity contribution >= 4 is 21.5 Å². The Morgan fingerprint density at radius 2 is 0.651 bits per heavy atom. The lowest BCUT2D eigenvalue weighted by Gasteiger charge is -2.30. The number of hydrogen-bond donors (Lipinski definition) is 0. The quantitative estimate of drug-likeness (QED) is 0.162. The molecule has 1 spiro atoms. The van der Waals surface area contributed by atoms with Gasteiger partial charge in [-0.25, -0.2) is 9.97 Å². The second kappa shape index (κ2) is 13.9. The maximum atomic E-state index is 5.20. The average molecular weight is 799 g/mol. The second-order valence-electron chi connectivity index (χ2n) is 16.8.